The fraction of sp³-hybridized carbons (Fsp3) is 0.610. The first-order valence-electron chi connectivity index (χ1n) is 19.0. The molecule has 0 radical (unpaired) electrons. The van der Waals surface area contributed by atoms with Gasteiger partial charge in [0.25, 0.3) is 0 Å². The van der Waals surface area contributed by atoms with Crippen LogP contribution in [0.15, 0.2) is 41.5 Å². The van der Waals surface area contributed by atoms with E-state index in [2.05, 4.69) is 36.3 Å². The number of unbranched alkanes of at least 4 members (excludes halogenated alkanes) is 15. The Hall–Kier alpha value is -2.99. The molecule has 0 amide bonds. The van der Waals surface area contributed by atoms with Gasteiger partial charge in [0.1, 0.15) is 0 Å². The predicted molar refractivity (Wildman–Crippen MR) is 206 cm³/mol. The minimum absolute atomic E-state index is 0.651. The van der Waals surface area contributed by atoms with Gasteiger partial charge in [0, 0.05) is 21.7 Å². The summed E-state index contributed by atoms with van der Waals surface area (Å²) in [5, 5.41) is 6.22. The Labute approximate surface area is 296 Å². The second-order valence-electron chi connectivity index (χ2n) is 13.0. The molecule has 0 unspecified atom stereocenters. The molecule has 0 atom stereocenters. The van der Waals surface area contributed by atoms with Crippen molar-refractivity contribution >= 4 is 34.4 Å². The number of nitrogens with zero attached hydrogens (tertiary/aromatic N) is 2. The van der Waals surface area contributed by atoms with Gasteiger partial charge in [-0.25, -0.2) is 0 Å². The number of hydrogen-bond donors (Lipinski definition) is 1. The average Bonchev–Trinajstić information content (AvgIpc) is 3.08. The van der Waals surface area contributed by atoms with Gasteiger partial charge in [-0.05, 0) is 62.6 Å². The van der Waals surface area contributed by atoms with Gasteiger partial charge in [0.15, 0.2) is 11.5 Å². The zero-order valence-electron chi connectivity index (χ0n) is 30.4. The van der Waals surface area contributed by atoms with E-state index in [4.69, 9.17) is 25.8 Å². The van der Waals surface area contributed by atoms with E-state index in [-0.39, 0.29) is 0 Å². The van der Waals surface area contributed by atoms with Crippen LogP contribution in [0.1, 0.15) is 148 Å². The van der Waals surface area contributed by atoms with Gasteiger partial charge in [-0.15, -0.1) is 0 Å². The van der Waals surface area contributed by atoms with E-state index >= 15 is 0 Å². The van der Waals surface area contributed by atoms with Gasteiger partial charge in [-0.3, -0.25) is 10.4 Å². The molecule has 0 aliphatic heterocycles. The monoisotopic (exact) mass is 679 g/mol. The van der Waals surface area contributed by atoms with Crippen LogP contribution in [0.25, 0.3) is 10.9 Å². The van der Waals surface area contributed by atoms with Crippen molar-refractivity contribution in [2.24, 2.45) is 5.10 Å². The highest BCUT2D eigenvalue weighted by Crippen LogP contribution is 2.39. The summed E-state index contributed by atoms with van der Waals surface area (Å²) in [5.41, 5.74) is 6.76. The van der Waals surface area contributed by atoms with E-state index in [1.165, 1.54) is 96.3 Å². The SMILES string of the molecule is CCCCCCCCOc1cc(/C=N/Nc2cc(C)nc3ccc(Cl)cc23)cc(OCCCCCCCC)c1OCCCCCCCC. The van der Waals surface area contributed by atoms with E-state index in [0.717, 1.165) is 64.4 Å². The van der Waals surface area contributed by atoms with Crippen LogP contribution < -0.4 is 19.6 Å². The second-order valence-corrected chi connectivity index (χ2v) is 13.5. The van der Waals surface area contributed by atoms with E-state index < -0.39 is 0 Å². The minimum atomic E-state index is 0.651. The number of hydrazone groups is 1. The van der Waals surface area contributed by atoms with Gasteiger partial charge >= 0.3 is 0 Å². The van der Waals surface area contributed by atoms with Gasteiger partial charge in [0.2, 0.25) is 5.75 Å². The van der Waals surface area contributed by atoms with E-state index in [1.54, 1.807) is 0 Å². The molecule has 0 bridgehead atoms. The highest BCUT2D eigenvalue weighted by atomic mass is 35.5. The maximum Gasteiger partial charge on any atom is 0.203 e. The van der Waals surface area contributed by atoms with Crippen LogP contribution in [-0.2, 0) is 0 Å². The lowest BCUT2D eigenvalue weighted by atomic mass is 10.1. The third-order valence-corrected chi connectivity index (χ3v) is 8.83. The van der Waals surface area contributed by atoms with Crippen molar-refractivity contribution in [3.63, 3.8) is 0 Å². The Bertz CT molecular complexity index is 1310. The highest BCUT2D eigenvalue weighted by Gasteiger charge is 2.16. The Balaban J connectivity index is 1.80. The quantitative estimate of drug-likeness (QED) is 0.0493. The van der Waals surface area contributed by atoms with Crippen LogP contribution in [0, 0.1) is 6.92 Å². The van der Waals surface area contributed by atoms with Crippen molar-refractivity contribution < 1.29 is 14.2 Å². The maximum atomic E-state index is 6.47. The van der Waals surface area contributed by atoms with Crippen molar-refractivity contribution in [2.75, 3.05) is 25.2 Å². The van der Waals surface area contributed by atoms with Gasteiger partial charge < -0.3 is 14.2 Å². The Kier molecular flexibility index (Phi) is 19.9. The molecule has 0 fully saturated rings. The number of rotatable bonds is 27. The number of aromatic nitrogens is 1. The van der Waals surface area contributed by atoms with E-state index in [9.17, 15) is 0 Å². The normalized spacial score (nSPS) is 11.4. The lowest BCUT2D eigenvalue weighted by Crippen LogP contribution is -2.07. The summed E-state index contributed by atoms with van der Waals surface area (Å²) >= 11 is 6.32. The van der Waals surface area contributed by atoms with Crippen LogP contribution in [0.3, 0.4) is 0 Å². The molecule has 266 valence electrons. The topological polar surface area (TPSA) is 65.0 Å². The van der Waals surface area contributed by atoms with Crippen LogP contribution in [0.4, 0.5) is 5.69 Å². The summed E-state index contributed by atoms with van der Waals surface area (Å²) in [5.74, 6) is 2.18. The molecule has 1 N–H and O–H groups in total. The summed E-state index contributed by atoms with van der Waals surface area (Å²) in [6, 6.07) is 11.8. The number of ether oxygens (including phenoxy) is 3. The average molecular weight is 680 g/mol. The van der Waals surface area contributed by atoms with Crippen molar-refractivity contribution in [2.45, 2.75) is 143 Å². The first-order valence-corrected chi connectivity index (χ1v) is 19.4. The second kappa shape index (κ2) is 24.2. The molecular formula is C41H62ClN3O3. The van der Waals surface area contributed by atoms with Crippen molar-refractivity contribution in [3.8, 4) is 17.2 Å². The lowest BCUT2D eigenvalue weighted by molar-refractivity contribution is 0.234. The molecule has 3 aromatic rings. The summed E-state index contributed by atoms with van der Waals surface area (Å²) in [4.78, 5) is 4.64. The third-order valence-electron chi connectivity index (χ3n) is 8.60. The van der Waals surface area contributed by atoms with Gasteiger partial charge in [-0.2, -0.15) is 5.10 Å². The van der Waals surface area contributed by atoms with Crippen LogP contribution in [-0.4, -0.2) is 31.0 Å². The van der Waals surface area contributed by atoms with Crippen LogP contribution >= 0.6 is 11.6 Å². The summed E-state index contributed by atoms with van der Waals surface area (Å²) in [6.45, 7) is 10.7. The lowest BCUT2D eigenvalue weighted by Gasteiger charge is -2.18. The molecule has 2 aromatic carbocycles. The van der Waals surface area contributed by atoms with Crippen LogP contribution in [0.5, 0.6) is 17.2 Å². The summed E-state index contributed by atoms with van der Waals surface area (Å²) in [6.07, 6.45) is 23.7. The number of anilines is 1. The first-order chi connectivity index (χ1) is 23.5. The molecule has 0 saturated heterocycles. The Morgan fingerprint density at radius 2 is 1.15 bits per heavy atom. The molecule has 1 heterocycles. The smallest absolute Gasteiger partial charge is 0.203 e. The highest BCUT2D eigenvalue weighted by molar-refractivity contribution is 6.31. The molecule has 1 aromatic heterocycles. The molecule has 3 rings (SSSR count). The molecule has 7 heteroatoms. The molecule has 6 nitrogen and oxygen atoms in total. The zero-order chi connectivity index (χ0) is 34.2. The molecule has 0 aliphatic rings. The number of pyridine rings is 1. The fourth-order valence-electron chi connectivity index (χ4n) is 5.81. The van der Waals surface area contributed by atoms with Crippen LogP contribution in [0.2, 0.25) is 5.02 Å². The molecule has 0 aliphatic carbocycles. The molecular weight excluding hydrogens is 618 g/mol. The summed E-state index contributed by atoms with van der Waals surface area (Å²) < 4.78 is 19.4. The van der Waals surface area contributed by atoms with Gasteiger partial charge in [0.05, 0.1) is 37.2 Å². The fourth-order valence-corrected chi connectivity index (χ4v) is 5.99. The minimum Gasteiger partial charge on any atom is -0.490 e. The number of nitrogens with one attached hydrogen (secondary N) is 1. The standard InChI is InChI=1S/C41H62ClN3O3/c1-5-8-11-14-17-20-25-46-39-29-34(32-43-45-38-28-33(4)44-37-24-23-35(42)31-36(37)38)30-40(47-26-21-18-15-12-9-6-2)41(39)48-27-22-19-16-13-10-7-3/h23-24,28-32H,5-22,25-27H2,1-4H3,(H,44,45)/b43-32+. The third kappa shape index (κ3) is 15.1. The van der Waals surface area contributed by atoms with Crippen molar-refractivity contribution in [1.82, 2.24) is 4.98 Å². The first kappa shape index (κ1) is 39.4. The summed E-state index contributed by atoms with van der Waals surface area (Å²) in [7, 11) is 0. The number of hydrogen-bond acceptors (Lipinski definition) is 6. The number of halogens is 1. The number of fused-ring (bicyclic) bond motifs is 1. The van der Waals surface area contributed by atoms with Crippen molar-refractivity contribution in [3.05, 3.63) is 52.7 Å². The zero-order valence-corrected chi connectivity index (χ0v) is 31.1. The molecule has 0 spiro atoms. The van der Waals surface area contributed by atoms with E-state index in [0.29, 0.717) is 24.8 Å². The van der Waals surface area contributed by atoms with Crippen molar-refractivity contribution in [1.29, 1.82) is 0 Å². The number of aryl methyl sites for hydroxylation is 1. The Morgan fingerprint density at radius 1 is 0.646 bits per heavy atom. The predicted octanol–water partition coefficient (Wildman–Crippen LogP) is 12.9. The molecule has 0 saturated carbocycles. The molecule has 48 heavy (non-hydrogen) atoms. The maximum absolute atomic E-state index is 6.47. The Morgan fingerprint density at radius 3 is 1.69 bits per heavy atom. The largest absolute Gasteiger partial charge is 0.490 e. The van der Waals surface area contributed by atoms with Gasteiger partial charge in [-0.1, -0.05) is 129 Å². The van der Waals surface area contributed by atoms with E-state index in [1.807, 2.05) is 49.5 Å². The number of benzene rings is 2.